The van der Waals surface area contributed by atoms with Crippen molar-refractivity contribution in [3.8, 4) is 6.07 Å². The third-order valence-corrected chi connectivity index (χ3v) is 6.61. The van der Waals surface area contributed by atoms with E-state index in [2.05, 4.69) is 46.4 Å². The van der Waals surface area contributed by atoms with Gasteiger partial charge < -0.3 is 5.32 Å². The van der Waals surface area contributed by atoms with Crippen molar-refractivity contribution in [2.45, 2.75) is 51.6 Å². The van der Waals surface area contributed by atoms with Crippen LogP contribution in [-0.2, 0) is 13.0 Å². The smallest absolute Gasteiger partial charge is 0.140 e. The number of rotatable bonds is 8. The first kappa shape index (κ1) is 20.5. The molecule has 1 aliphatic rings. The van der Waals surface area contributed by atoms with Gasteiger partial charge in [0.25, 0.3) is 0 Å². The molecule has 1 aliphatic heterocycles. The van der Waals surface area contributed by atoms with E-state index in [-0.39, 0.29) is 0 Å². The number of unbranched alkanes of at least 4 members (excludes halogenated alkanes) is 1. The summed E-state index contributed by atoms with van der Waals surface area (Å²) < 4.78 is 0. The van der Waals surface area contributed by atoms with E-state index >= 15 is 0 Å². The second-order valence-electron chi connectivity index (χ2n) is 7.72. The third kappa shape index (κ3) is 5.05. The zero-order valence-electron chi connectivity index (χ0n) is 17.3. The summed E-state index contributed by atoms with van der Waals surface area (Å²) in [5, 5.41) is 12.2. The van der Waals surface area contributed by atoms with Crippen molar-refractivity contribution >= 4 is 22.8 Å². The van der Waals surface area contributed by atoms with Crippen LogP contribution in [0.4, 0.5) is 11.5 Å². The Bertz CT molecular complexity index is 1000. The fourth-order valence-electron chi connectivity index (χ4n) is 3.93. The lowest BCUT2D eigenvalue weighted by Crippen LogP contribution is -2.23. The van der Waals surface area contributed by atoms with Crippen molar-refractivity contribution in [2.24, 2.45) is 0 Å². The van der Waals surface area contributed by atoms with Crippen LogP contribution in [0.5, 0.6) is 0 Å². The van der Waals surface area contributed by atoms with E-state index < -0.39 is 0 Å². The molecule has 4 heterocycles. The van der Waals surface area contributed by atoms with E-state index in [0.717, 1.165) is 36.7 Å². The van der Waals surface area contributed by atoms with Crippen molar-refractivity contribution in [3.63, 3.8) is 0 Å². The van der Waals surface area contributed by atoms with Gasteiger partial charge in [0.15, 0.2) is 0 Å². The number of pyridine rings is 2. The van der Waals surface area contributed by atoms with Gasteiger partial charge in [-0.1, -0.05) is 19.4 Å². The monoisotopic (exact) mass is 417 g/mol. The molecule has 3 aromatic rings. The Morgan fingerprint density at radius 2 is 2.10 bits per heavy atom. The van der Waals surface area contributed by atoms with Crippen LogP contribution < -0.4 is 5.32 Å². The normalized spacial score (nSPS) is 16.5. The van der Waals surface area contributed by atoms with Crippen molar-refractivity contribution in [3.05, 3.63) is 69.8 Å². The quantitative estimate of drug-likeness (QED) is 0.499. The summed E-state index contributed by atoms with van der Waals surface area (Å²) in [6.45, 7) is 4.36. The van der Waals surface area contributed by atoms with Gasteiger partial charge in [-0.05, 0) is 68.6 Å². The maximum Gasteiger partial charge on any atom is 0.140 e. The molecule has 0 amide bonds. The summed E-state index contributed by atoms with van der Waals surface area (Å²) in [5.74, 6) is 0.809. The predicted octanol–water partition coefficient (Wildman–Crippen LogP) is 5.83. The maximum atomic E-state index is 8.90. The summed E-state index contributed by atoms with van der Waals surface area (Å²) in [7, 11) is 0. The molecular formula is C24H27N5S. The third-order valence-electron chi connectivity index (χ3n) is 5.48. The molecule has 6 heteroatoms. The standard InChI is InChI=1S/C24H27N5S/c1-2-3-6-20-12-13-21(30-20)17-29-14-5-8-23(29)22-7-4-9-24(28-22)27-19-11-10-18(15-25)26-16-19/h4,7,9-13,16,23H,2-3,5-6,8,14,17H2,1H3,(H,27,28)/t23-/m0/s1. The first-order chi connectivity index (χ1) is 14.7. The molecule has 0 aliphatic carbocycles. The Morgan fingerprint density at radius 1 is 1.20 bits per heavy atom. The number of thiophene rings is 1. The molecule has 5 nitrogen and oxygen atoms in total. The lowest BCUT2D eigenvalue weighted by Gasteiger charge is -2.24. The SMILES string of the molecule is CCCCc1ccc(CN2CCC[C@H]2c2cccc(Nc3ccc(C#N)nc3)n2)s1. The minimum Gasteiger partial charge on any atom is -0.339 e. The number of anilines is 2. The largest absolute Gasteiger partial charge is 0.339 e. The summed E-state index contributed by atoms with van der Waals surface area (Å²) >= 11 is 1.96. The number of aryl methyl sites for hydroxylation is 1. The van der Waals surface area contributed by atoms with Gasteiger partial charge in [0, 0.05) is 16.3 Å². The highest BCUT2D eigenvalue weighted by Gasteiger charge is 2.27. The number of likely N-dealkylation sites (tertiary alicyclic amines) is 1. The molecule has 30 heavy (non-hydrogen) atoms. The summed E-state index contributed by atoms with van der Waals surface area (Å²) in [5.41, 5.74) is 2.36. The summed E-state index contributed by atoms with van der Waals surface area (Å²) in [4.78, 5) is 14.5. The van der Waals surface area contributed by atoms with Gasteiger partial charge in [0.05, 0.1) is 23.6 Å². The molecule has 0 aromatic carbocycles. The minimum atomic E-state index is 0.354. The van der Waals surface area contributed by atoms with E-state index in [1.54, 1.807) is 12.3 Å². The molecule has 0 unspecified atom stereocenters. The maximum absolute atomic E-state index is 8.90. The molecule has 1 saturated heterocycles. The van der Waals surface area contributed by atoms with Crippen molar-refractivity contribution in [1.29, 1.82) is 5.26 Å². The Labute approximate surface area is 182 Å². The minimum absolute atomic E-state index is 0.354. The van der Waals surface area contributed by atoms with Crippen LogP contribution in [0.15, 0.2) is 48.7 Å². The van der Waals surface area contributed by atoms with E-state index in [4.69, 9.17) is 10.2 Å². The van der Waals surface area contributed by atoms with Crippen LogP contribution in [0.1, 0.15) is 59.8 Å². The Hall–Kier alpha value is -2.75. The van der Waals surface area contributed by atoms with Crippen LogP contribution >= 0.6 is 11.3 Å². The molecule has 1 atom stereocenters. The zero-order chi connectivity index (χ0) is 20.8. The van der Waals surface area contributed by atoms with E-state index in [1.165, 1.54) is 35.4 Å². The lowest BCUT2D eigenvalue weighted by atomic mass is 10.1. The average molecular weight is 418 g/mol. The van der Waals surface area contributed by atoms with Crippen molar-refractivity contribution in [2.75, 3.05) is 11.9 Å². The van der Waals surface area contributed by atoms with Crippen molar-refractivity contribution in [1.82, 2.24) is 14.9 Å². The van der Waals surface area contributed by atoms with E-state index in [0.29, 0.717) is 11.7 Å². The Kier molecular flexibility index (Phi) is 6.73. The fraction of sp³-hybridized carbons (Fsp3) is 0.375. The number of nitrogens with zero attached hydrogens (tertiary/aromatic N) is 4. The second-order valence-corrected chi connectivity index (χ2v) is 8.97. The summed E-state index contributed by atoms with van der Waals surface area (Å²) in [6.07, 6.45) is 7.73. The molecule has 4 rings (SSSR count). The fourth-order valence-corrected chi connectivity index (χ4v) is 5.02. The molecule has 1 fully saturated rings. The topological polar surface area (TPSA) is 64.8 Å². The molecule has 0 radical (unpaired) electrons. The first-order valence-electron chi connectivity index (χ1n) is 10.7. The molecule has 0 saturated carbocycles. The van der Waals surface area contributed by atoms with E-state index in [1.807, 2.05) is 29.5 Å². The van der Waals surface area contributed by atoms with Crippen LogP contribution in [0.2, 0.25) is 0 Å². The molecule has 1 N–H and O–H groups in total. The van der Waals surface area contributed by atoms with Crippen LogP contribution in [-0.4, -0.2) is 21.4 Å². The molecular weight excluding hydrogens is 390 g/mol. The van der Waals surface area contributed by atoms with Crippen LogP contribution in [0.25, 0.3) is 0 Å². The molecule has 154 valence electrons. The highest BCUT2D eigenvalue weighted by atomic mass is 32.1. The zero-order valence-corrected chi connectivity index (χ0v) is 18.2. The van der Waals surface area contributed by atoms with E-state index in [9.17, 15) is 0 Å². The van der Waals surface area contributed by atoms with Crippen LogP contribution in [0, 0.1) is 11.3 Å². The molecule has 3 aromatic heterocycles. The number of aromatic nitrogens is 2. The first-order valence-corrected chi connectivity index (χ1v) is 11.5. The van der Waals surface area contributed by atoms with Gasteiger partial charge in [0.1, 0.15) is 17.6 Å². The van der Waals surface area contributed by atoms with Crippen LogP contribution in [0.3, 0.4) is 0 Å². The van der Waals surface area contributed by atoms with Gasteiger partial charge in [0.2, 0.25) is 0 Å². The summed E-state index contributed by atoms with van der Waals surface area (Å²) in [6, 6.07) is 16.7. The molecule has 0 spiro atoms. The van der Waals surface area contributed by atoms with Gasteiger partial charge in [-0.2, -0.15) is 5.26 Å². The second kappa shape index (κ2) is 9.84. The highest BCUT2D eigenvalue weighted by Crippen LogP contribution is 2.34. The number of nitrogens with one attached hydrogen (secondary N) is 1. The predicted molar refractivity (Wildman–Crippen MR) is 122 cm³/mol. The van der Waals surface area contributed by atoms with Gasteiger partial charge in [-0.3, -0.25) is 4.90 Å². The number of hydrogen-bond donors (Lipinski definition) is 1. The number of nitriles is 1. The van der Waals surface area contributed by atoms with Gasteiger partial charge in [-0.25, -0.2) is 9.97 Å². The van der Waals surface area contributed by atoms with Crippen molar-refractivity contribution < 1.29 is 0 Å². The van der Waals surface area contributed by atoms with Gasteiger partial charge in [-0.15, -0.1) is 11.3 Å². The average Bonchev–Trinajstić information content (AvgIpc) is 3.43. The molecule has 0 bridgehead atoms. The van der Waals surface area contributed by atoms with Gasteiger partial charge >= 0.3 is 0 Å². The highest BCUT2D eigenvalue weighted by molar-refractivity contribution is 7.11. The number of hydrogen-bond acceptors (Lipinski definition) is 6. The lowest BCUT2D eigenvalue weighted by molar-refractivity contribution is 0.247. The Balaban J connectivity index is 1.44. The Morgan fingerprint density at radius 3 is 2.90 bits per heavy atom.